The van der Waals surface area contributed by atoms with Gasteiger partial charge in [-0.15, -0.1) is 0 Å². The molecule has 1 fully saturated rings. The van der Waals surface area contributed by atoms with Crippen LogP contribution in [0.5, 0.6) is 0 Å². The number of quaternary nitrogens is 1. The third-order valence-corrected chi connectivity index (χ3v) is 3.05. The summed E-state index contributed by atoms with van der Waals surface area (Å²) < 4.78 is 42.8. The topological polar surface area (TPSA) is 75.2 Å². The lowest BCUT2D eigenvalue weighted by atomic mass is 10.2. The molecule has 1 aromatic rings. The molecule has 5 nitrogen and oxygen atoms in total. The van der Waals surface area contributed by atoms with Crippen molar-refractivity contribution in [3.63, 3.8) is 0 Å². The zero-order valence-electron chi connectivity index (χ0n) is 12.6. The Morgan fingerprint density at radius 3 is 2.43 bits per heavy atom. The first kappa shape index (κ1) is 19.4. The van der Waals surface area contributed by atoms with Gasteiger partial charge in [0.2, 0.25) is 0 Å². The number of benzene rings is 1. The van der Waals surface area contributed by atoms with Crippen molar-refractivity contribution in [3.8, 4) is 0 Å². The number of alkyl halides is 3. The molecule has 2 rings (SSSR count). The van der Waals surface area contributed by atoms with E-state index in [1.54, 1.807) is 0 Å². The van der Waals surface area contributed by atoms with Gasteiger partial charge >= 0.3 is 6.18 Å². The van der Waals surface area contributed by atoms with Gasteiger partial charge in [0.1, 0.15) is 18.6 Å². The van der Waals surface area contributed by atoms with Gasteiger partial charge in [-0.1, -0.05) is 30.3 Å². The Bertz CT molecular complexity index is 448. The normalized spacial score (nSPS) is 17.4. The number of halogens is 3. The minimum Gasteiger partial charge on any atom is -0.542 e. The summed E-state index contributed by atoms with van der Waals surface area (Å²) in [4.78, 5) is 8.78. The van der Waals surface area contributed by atoms with Crippen LogP contribution >= 0.6 is 0 Å². The van der Waals surface area contributed by atoms with Crippen molar-refractivity contribution in [2.75, 3.05) is 26.3 Å². The van der Waals surface area contributed by atoms with Crippen LogP contribution < -0.4 is 10.4 Å². The molecule has 23 heavy (non-hydrogen) atoms. The lowest BCUT2D eigenvalue weighted by molar-refractivity contribution is -0.638. The van der Waals surface area contributed by atoms with Crippen molar-refractivity contribution in [3.05, 3.63) is 35.9 Å². The monoisotopic (exact) mass is 335 g/mol. The standard InChI is InChI=1S/C13H19NO2.C2HF3O2/c1-2-4-12(5-3-1)11-15-8-9-16-13-6-7-14-10-13;3-2(4,5)1(6)7/h1-5,13-14H,6-11H2;(H,6,7). The lowest BCUT2D eigenvalue weighted by Crippen LogP contribution is -2.81. The summed E-state index contributed by atoms with van der Waals surface area (Å²) in [5, 5.41) is 11.1. The Morgan fingerprint density at radius 2 is 1.91 bits per heavy atom. The number of rotatable bonds is 6. The molecule has 0 aliphatic carbocycles. The van der Waals surface area contributed by atoms with Crippen molar-refractivity contribution in [1.82, 2.24) is 0 Å². The molecule has 0 bridgehead atoms. The molecule has 1 aromatic carbocycles. The summed E-state index contributed by atoms with van der Waals surface area (Å²) in [7, 11) is 0. The Hall–Kier alpha value is -1.64. The fraction of sp³-hybridized carbons (Fsp3) is 0.533. The number of carboxylic acids is 1. The first-order valence-corrected chi connectivity index (χ1v) is 7.22. The van der Waals surface area contributed by atoms with E-state index in [1.807, 2.05) is 18.2 Å². The van der Waals surface area contributed by atoms with Crippen LogP contribution in [-0.4, -0.2) is 44.6 Å². The SMILES string of the molecule is O=C([O-])C(F)(F)F.c1ccc(COCCOC2CC[NH2+]C2)cc1. The number of aliphatic carboxylic acids is 1. The Labute approximate surface area is 132 Å². The number of hydrogen-bond acceptors (Lipinski definition) is 4. The van der Waals surface area contributed by atoms with E-state index in [9.17, 15) is 13.2 Å². The van der Waals surface area contributed by atoms with Gasteiger partial charge in [0, 0.05) is 6.42 Å². The maximum absolute atomic E-state index is 10.5. The zero-order chi connectivity index (χ0) is 17.1. The molecule has 1 atom stereocenters. The molecule has 0 saturated carbocycles. The first-order valence-electron chi connectivity index (χ1n) is 7.22. The van der Waals surface area contributed by atoms with Crippen LogP contribution in [0.4, 0.5) is 13.2 Å². The van der Waals surface area contributed by atoms with Crippen molar-refractivity contribution >= 4 is 5.97 Å². The highest BCUT2D eigenvalue weighted by Gasteiger charge is 2.28. The summed E-state index contributed by atoms with van der Waals surface area (Å²) in [6.45, 7) is 4.39. The number of nitrogens with two attached hydrogens (primary N) is 1. The highest BCUT2D eigenvalue weighted by atomic mass is 19.4. The van der Waals surface area contributed by atoms with E-state index >= 15 is 0 Å². The van der Waals surface area contributed by atoms with Crippen LogP contribution in [0.3, 0.4) is 0 Å². The first-order chi connectivity index (χ1) is 10.9. The second kappa shape index (κ2) is 10.2. The van der Waals surface area contributed by atoms with Gasteiger partial charge in [-0.2, -0.15) is 13.2 Å². The number of ether oxygens (including phenoxy) is 2. The predicted molar refractivity (Wildman–Crippen MR) is 73.2 cm³/mol. The number of carboxylic acid groups (broad SMARTS) is 1. The summed E-state index contributed by atoms with van der Waals surface area (Å²) in [5.74, 6) is -3.01. The van der Waals surface area contributed by atoms with E-state index in [0.717, 1.165) is 6.54 Å². The Morgan fingerprint density at radius 1 is 1.26 bits per heavy atom. The van der Waals surface area contributed by atoms with E-state index < -0.39 is 12.1 Å². The molecule has 1 aliphatic heterocycles. The highest BCUT2D eigenvalue weighted by molar-refractivity contribution is 5.70. The molecular formula is C15H20F3NO4. The van der Waals surface area contributed by atoms with Crippen LogP contribution in [0.15, 0.2) is 30.3 Å². The molecule has 0 amide bonds. The number of carbonyl (C=O) groups excluding carboxylic acids is 1. The fourth-order valence-electron chi connectivity index (χ4n) is 1.91. The predicted octanol–water partition coefficient (Wildman–Crippen LogP) is -0.146. The Kier molecular flexibility index (Phi) is 8.60. The molecule has 1 aliphatic rings. The van der Waals surface area contributed by atoms with E-state index in [0.29, 0.717) is 25.9 Å². The number of carbonyl (C=O) groups is 1. The van der Waals surface area contributed by atoms with Gasteiger partial charge in [0.25, 0.3) is 0 Å². The van der Waals surface area contributed by atoms with Crippen LogP contribution in [0, 0.1) is 0 Å². The van der Waals surface area contributed by atoms with Gasteiger partial charge in [0.15, 0.2) is 0 Å². The van der Waals surface area contributed by atoms with Crippen molar-refractivity contribution in [2.24, 2.45) is 0 Å². The smallest absolute Gasteiger partial charge is 0.430 e. The summed E-state index contributed by atoms with van der Waals surface area (Å²) in [6, 6.07) is 10.2. The summed E-state index contributed by atoms with van der Waals surface area (Å²) in [5.41, 5.74) is 1.22. The van der Waals surface area contributed by atoms with Gasteiger partial charge in [0.05, 0.1) is 26.4 Å². The maximum Gasteiger partial charge on any atom is 0.430 e. The molecule has 0 spiro atoms. The largest absolute Gasteiger partial charge is 0.542 e. The maximum atomic E-state index is 10.5. The van der Waals surface area contributed by atoms with E-state index in [2.05, 4.69) is 17.4 Å². The zero-order valence-corrected chi connectivity index (χ0v) is 12.6. The molecule has 1 unspecified atom stereocenters. The fourth-order valence-corrected chi connectivity index (χ4v) is 1.91. The molecule has 130 valence electrons. The third kappa shape index (κ3) is 9.17. The van der Waals surface area contributed by atoms with Crippen molar-refractivity contribution < 1.29 is 37.9 Å². The Balaban J connectivity index is 0.000000322. The lowest BCUT2D eigenvalue weighted by Gasteiger charge is -2.08. The molecule has 1 saturated heterocycles. The molecule has 0 radical (unpaired) electrons. The average molecular weight is 335 g/mol. The molecule has 1 heterocycles. The van der Waals surface area contributed by atoms with Crippen LogP contribution in [0.2, 0.25) is 0 Å². The number of hydrogen-bond donors (Lipinski definition) is 1. The van der Waals surface area contributed by atoms with Gasteiger partial charge in [-0.05, 0) is 5.56 Å². The van der Waals surface area contributed by atoms with Crippen LogP contribution in [-0.2, 0) is 20.9 Å². The van der Waals surface area contributed by atoms with E-state index in [1.165, 1.54) is 18.5 Å². The molecular weight excluding hydrogens is 315 g/mol. The third-order valence-electron chi connectivity index (χ3n) is 3.05. The molecule has 8 heteroatoms. The van der Waals surface area contributed by atoms with E-state index in [-0.39, 0.29) is 0 Å². The average Bonchev–Trinajstić information content (AvgIpc) is 3.01. The molecule has 0 aromatic heterocycles. The van der Waals surface area contributed by atoms with Crippen LogP contribution in [0.1, 0.15) is 12.0 Å². The van der Waals surface area contributed by atoms with Gasteiger partial charge in [-0.25, -0.2) is 0 Å². The highest BCUT2D eigenvalue weighted by Crippen LogP contribution is 2.11. The van der Waals surface area contributed by atoms with Crippen LogP contribution in [0.25, 0.3) is 0 Å². The summed E-state index contributed by atoms with van der Waals surface area (Å²) >= 11 is 0. The quantitative estimate of drug-likeness (QED) is 0.734. The second-order valence-corrected chi connectivity index (χ2v) is 4.92. The summed E-state index contributed by atoms with van der Waals surface area (Å²) in [6.07, 6.45) is -3.57. The minimum atomic E-state index is -5.19. The molecule has 2 N–H and O–H groups in total. The minimum absolute atomic E-state index is 0.445. The van der Waals surface area contributed by atoms with Crippen molar-refractivity contribution in [1.29, 1.82) is 0 Å². The van der Waals surface area contributed by atoms with E-state index in [4.69, 9.17) is 19.4 Å². The van der Waals surface area contributed by atoms with Gasteiger partial charge < -0.3 is 24.7 Å². The van der Waals surface area contributed by atoms with Gasteiger partial charge in [-0.3, -0.25) is 0 Å². The second-order valence-electron chi connectivity index (χ2n) is 4.92. The van der Waals surface area contributed by atoms with Crippen molar-refractivity contribution in [2.45, 2.75) is 25.3 Å².